The Hall–Kier alpha value is -1.60. The fourth-order valence-corrected chi connectivity index (χ4v) is 3.52. The highest BCUT2D eigenvalue weighted by Crippen LogP contribution is 2.27. The summed E-state index contributed by atoms with van der Waals surface area (Å²) in [7, 11) is 0.617. The normalized spacial score (nSPS) is 12.9. The number of ether oxygens (including phenoxy) is 1. The third-order valence-electron chi connectivity index (χ3n) is 4.31. The van der Waals surface area contributed by atoms with E-state index in [-0.39, 0.29) is 22.6 Å². The van der Waals surface area contributed by atoms with E-state index >= 15 is 0 Å². The largest absolute Gasteiger partial charge is 0.495 e. The van der Waals surface area contributed by atoms with Crippen LogP contribution in [-0.4, -0.2) is 57.3 Å². The quantitative estimate of drug-likeness (QED) is 0.670. The molecule has 0 radical (unpaired) electrons. The van der Waals surface area contributed by atoms with Crippen molar-refractivity contribution in [2.24, 2.45) is 0 Å². The van der Waals surface area contributed by atoms with E-state index in [0.29, 0.717) is 12.1 Å². The SMILES string of the molecule is CCCCN(C(=O)c1ccc(OC)c(S(=O)(=O)N(C)C)c1)C(C)CC. The van der Waals surface area contributed by atoms with Crippen molar-refractivity contribution in [3.8, 4) is 5.75 Å². The summed E-state index contributed by atoms with van der Waals surface area (Å²) < 4.78 is 31.4. The van der Waals surface area contributed by atoms with Crippen LogP contribution < -0.4 is 4.74 Å². The second-order valence-electron chi connectivity index (χ2n) is 6.26. The first kappa shape index (κ1) is 21.4. The van der Waals surface area contributed by atoms with Crippen molar-refractivity contribution in [2.75, 3.05) is 27.7 Å². The first-order valence-corrected chi connectivity index (χ1v) is 10.1. The van der Waals surface area contributed by atoms with Crippen molar-refractivity contribution in [1.82, 2.24) is 9.21 Å². The molecule has 0 saturated heterocycles. The van der Waals surface area contributed by atoms with E-state index in [1.54, 1.807) is 6.07 Å². The lowest BCUT2D eigenvalue weighted by atomic mass is 10.1. The Kier molecular flexibility index (Phi) is 7.89. The van der Waals surface area contributed by atoms with E-state index < -0.39 is 10.0 Å². The molecule has 0 N–H and O–H groups in total. The fourth-order valence-electron chi connectivity index (χ4n) is 2.44. The fraction of sp³-hybridized carbons (Fsp3) is 0.611. The zero-order valence-electron chi connectivity index (χ0n) is 16.1. The highest BCUT2D eigenvalue weighted by atomic mass is 32.2. The summed E-state index contributed by atoms with van der Waals surface area (Å²) in [6, 6.07) is 4.67. The van der Waals surface area contributed by atoms with Crippen LogP contribution in [-0.2, 0) is 10.0 Å². The summed E-state index contributed by atoms with van der Waals surface area (Å²) in [6.07, 6.45) is 2.74. The topological polar surface area (TPSA) is 66.9 Å². The van der Waals surface area contributed by atoms with Gasteiger partial charge in [-0.1, -0.05) is 20.3 Å². The predicted molar refractivity (Wildman–Crippen MR) is 99.6 cm³/mol. The average Bonchev–Trinajstić information content (AvgIpc) is 2.60. The van der Waals surface area contributed by atoms with E-state index in [1.807, 2.05) is 18.7 Å². The maximum absolute atomic E-state index is 13.0. The van der Waals surface area contributed by atoms with Crippen LogP contribution >= 0.6 is 0 Å². The van der Waals surface area contributed by atoms with Gasteiger partial charge in [0.15, 0.2) is 0 Å². The minimum absolute atomic E-state index is 0.00504. The van der Waals surface area contributed by atoms with E-state index in [2.05, 4.69) is 6.92 Å². The zero-order valence-corrected chi connectivity index (χ0v) is 16.9. The number of hydrogen-bond donors (Lipinski definition) is 0. The number of carbonyl (C=O) groups is 1. The Balaban J connectivity index is 3.34. The second kappa shape index (κ2) is 9.20. The second-order valence-corrected chi connectivity index (χ2v) is 8.38. The lowest BCUT2D eigenvalue weighted by Crippen LogP contribution is -2.39. The summed E-state index contributed by atoms with van der Waals surface area (Å²) >= 11 is 0. The number of carbonyl (C=O) groups excluding carboxylic acids is 1. The molecule has 0 spiro atoms. The molecule has 1 rings (SSSR count). The molecule has 0 aromatic heterocycles. The molecule has 1 aromatic rings. The highest BCUT2D eigenvalue weighted by Gasteiger charge is 2.26. The van der Waals surface area contributed by atoms with Crippen molar-refractivity contribution in [2.45, 2.75) is 51.0 Å². The third kappa shape index (κ3) is 4.95. The predicted octanol–water partition coefficient (Wildman–Crippen LogP) is 2.99. The number of methoxy groups -OCH3 is 1. The number of sulfonamides is 1. The van der Waals surface area contributed by atoms with Gasteiger partial charge >= 0.3 is 0 Å². The number of benzene rings is 1. The lowest BCUT2D eigenvalue weighted by Gasteiger charge is -2.29. The molecule has 0 saturated carbocycles. The monoisotopic (exact) mass is 370 g/mol. The Morgan fingerprint density at radius 2 is 1.88 bits per heavy atom. The zero-order chi connectivity index (χ0) is 19.2. The van der Waals surface area contributed by atoms with Crippen LogP contribution in [0.2, 0.25) is 0 Å². The van der Waals surface area contributed by atoms with Crippen LogP contribution in [0.1, 0.15) is 50.4 Å². The van der Waals surface area contributed by atoms with Crippen molar-refractivity contribution in [3.05, 3.63) is 23.8 Å². The van der Waals surface area contributed by atoms with Gasteiger partial charge in [0.05, 0.1) is 7.11 Å². The molecule has 1 aromatic carbocycles. The van der Waals surface area contributed by atoms with E-state index in [0.717, 1.165) is 23.6 Å². The highest BCUT2D eigenvalue weighted by molar-refractivity contribution is 7.89. The van der Waals surface area contributed by atoms with Gasteiger partial charge in [-0.25, -0.2) is 12.7 Å². The summed E-state index contributed by atoms with van der Waals surface area (Å²) in [5.74, 6) is 0.0783. The van der Waals surface area contributed by atoms with Gasteiger partial charge in [-0.3, -0.25) is 4.79 Å². The number of amides is 1. The molecule has 1 amide bonds. The van der Waals surface area contributed by atoms with Crippen LogP contribution in [0.3, 0.4) is 0 Å². The van der Waals surface area contributed by atoms with Gasteiger partial charge in [0.1, 0.15) is 10.6 Å². The number of nitrogens with zero attached hydrogens (tertiary/aromatic N) is 2. The minimum Gasteiger partial charge on any atom is -0.495 e. The molecule has 7 heteroatoms. The van der Waals surface area contributed by atoms with Gasteiger partial charge < -0.3 is 9.64 Å². The van der Waals surface area contributed by atoms with Gasteiger partial charge in [-0.05, 0) is 38.0 Å². The van der Waals surface area contributed by atoms with Crippen molar-refractivity contribution in [1.29, 1.82) is 0 Å². The van der Waals surface area contributed by atoms with Crippen LogP contribution in [0.5, 0.6) is 5.75 Å². The van der Waals surface area contributed by atoms with E-state index in [1.165, 1.54) is 33.3 Å². The average molecular weight is 371 g/mol. The molecular weight excluding hydrogens is 340 g/mol. The summed E-state index contributed by atoms with van der Waals surface area (Å²) in [6.45, 7) is 6.78. The van der Waals surface area contributed by atoms with Crippen LogP contribution in [0.15, 0.2) is 23.1 Å². The maximum atomic E-state index is 13.0. The summed E-state index contributed by atoms with van der Waals surface area (Å²) in [5, 5.41) is 0. The molecule has 0 aliphatic heterocycles. The third-order valence-corrected chi connectivity index (χ3v) is 6.14. The van der Waals surface area contributed by atoms with Crippen molar-refractivity contribution in [3.63, 3.8) is 0 Å². The Labute approximate surface area is 151 Å². The molecular formula is C18H30N2O4S. The first-order chi connectivity index (χ1) is 11.7. The molecule has 0 heterocycles. The molecule has 25 heavy (non-hydrogen) atoms. The molecule has 1 atom stereocenters. The number of hydrogen-bond acceptors (Lipinski definition) is 4. The van der Waals surface area contributed by atoms with Gasteiger partial charge in [0, 0.05) is 32.2 Å². The standard InChI is InChI=1S/C18H30N2O4S/c1-7-9-12-20(14(3)8-2)18(21)15-10-11-16(24-6)17(13-15)25(22,23)19(4)5/h10-11,13-14H,7-9,12H2,1-6H3. The minimum atomic E-state index is -3.71. The summed E-state index contributed by atoms with van der Waals surface area (Å²) in [5.41, 5.74) is 0.359. The van der Waals surface area contributed by atoms with E-state index in [4.69, 9.17) is 4.74 Å². The molecule has 6 nitrogen and oxygen atoms in total. The first-order valence-electron chi connectivity index (χ1n) is 8.62. The lowest BCUT2D eigenvalue weighted by molar-refractivity contribution is 0.0685. The molecule has 1 unspecified atom stereocenters. The Morgan fingerprint density at radius 3 is 2.36 bits per heavy atom. The molecule has 0 bridgehead atoms. The molecule has 142 valence electrons. The Bertz CT molecular complexity index is 686. The van der Waals surface area contributed by atoms with Gasteiger partial charge in [0.25, 0.3) is 5.91 Å². The van der Waals surface area contributed by atoms with E-state index in [9.17, 15) is 13.2 Å². The maximum Gasteiger partial charge on any atom is 0.254 e. The van der Waals surface area contributed by atoms with Gasteiger partial charge in [0.2, 0.25) is 10.0 Å². The Morgan fingerprint density at radius 1 is 1.24 bits per heavy atom. The smallest absolute Gasteiger partial charge is 0.254 e. The number of rotatable bonds is 9. The van der Waals surface area contributed by atoms with Crippen molar-refractivity contribution < 1.29 is 17.9 Å². The van der Waals surface area contributed by atoms with Gasteiger partial charge in [-0.2, -0.15) is 0 Å². The van der Waals surface area contributed by atoms with Crippen LogP contribution in [0.25, 0.3) is 0 Å². The molecule has 0 aliphatic rings. The van der Waals surface area contributed by atoms with Gasteiger partial charge in [-0.15, -0.1) is 0 Å². The number of unbranched alkanes of at least 4 members (excludes halogenated alkanes) is 1. The molecule has 0 fully saturated rings. The molecule has 0 aliphatic carbocycles. The summed E-state index contributed by atoms with van der Waals surface area (Å²) in [4.78, 5) is 14.8. The van der Waals surface area contributed by atoms with Crippen LogP contribution in [0, 0.1) is 0 Å². The van der Waals surface area contributed by atoms with Crippen LogP contribution in [0.4, 0.5) is 0 Å². The van der Waals surface area contributed by atoms with Crippen molar-refractivity contribution >= 4 is 15.9 Å².